The molecule has 1 heterocycles. The topological polar surface area (TPSA) is 43.9 Å². The Morgan fingerprint density at radius 2 is 1.35 bits per heavy atom. The quantitative estimate of drug-likeness (QED) is 0.343. The minimum atomic E-state index is 0.110. The van der Waals surface area contributed by atoms with Crippen molar-refractivity contribution in [3.63, 3.8) is 0 Å². The van der Waals surface area contributed by atoms with Crippen LogP contribution < -0.4 is 0 Å². The summed E-state index contributed by atoms with van der Waals surface area (Å²) in [7, 11) is 3.96. The number of nitrogens with zero attached hydrogens (tertiary/aromatic N) is 3. The van der Waals surface area contributed by atoms with Crippen LogP contribution >= 0.6 is 0 Å². The summed E-state index contributed by atoms with van der Waals surface area (Å²) in [5, 5.41) is 0. The van der Waals surface area contributed by atoms with Crippen LogP contribution in [0.3, 0.4) is 0 Å². The van der Waals surface area contributed by atoms with Gasteiger partial charge in [0.2, 0.25) is 5.91 Å². The van der Waals surface area contributed by atoms with Gasteiger partial charge >= 0.3 is 0 Å². The number of carbonyl (C=O) groups excluding carboxylic acids is 2. The molecule has 0 bridgehead atoms. The molecule has 0 radical (unpaired) electrons. The van der Waals surface area contributed by atoms with E-state index < -0.39 is 0 Å². The summed E-state index contributed by atoms with van der Waals surface area (Å²) in [6.07, 6.45) is 5.43. The zero-order chi connectivity index (χ0) is 27.9. The van der Waals surface area contributed by atoms with Gasteiger partial charge in [0.05, 0.1) is 0 Å². The zero-order valence-corrected chi connectivity index (χ0v) is 24.0. The smallest absolute Gasteiger partial charge is 0.253 e. The van der Waals surface area contributed by atoms with Gasteiger partial charge in [0.1, 0.15) is 0 Å². The lowest BCUT2D eigenvalue weighted by Gasteiger charge is -2.38. The highest BCUT2D eigenvalue weighted by Crippen LogP contribution is 2.42. The van der Waals surface area contributed by atoms with E-state index in [0.717, 1.165) is 57.3 Å². The first-order chi connectivity index (χ1) is 19.5. The first kappa shape index (κ1) is 28.1. The number of benzene rings is 3. The molecule has 2 aliphatic rings. The normalized spacial score (nSPS) is 21.7. The van der Waals surface area contributed by atoms with Crippen LogP contribution in [-0.2, 0) is 11.2 Å². The van der Waals surface area contributed by atoms with E-state index in [1.807, 2.05) is 72.4 Å². The first-order valence-corrected chi connectivity index (χ1v) is 14.9. The summed E-state index contributed by atoms with van der Waals surface area (Å²) >= 11 is 0. The van der Waals surface area contributed by atoms with Gasteiger partial charge in [-0.1, -0.05) is 78.9 Å². The SMILES string of the molecule is CN(C(=O)CCc1ccccc1)C1CCN(CC2CC(N(C)C(=O)c3ccccc3)CC2c2ccccc2)CC1. The minimum Gasteiger partial charge on any atom is -0.343 e. The molecular weight excluding hydrogens is 494 g/mol. The lowest BCUT2D eigenvalue weighted by molar-refractivity contribution is -0.132. The van der Waals surface area contributed by atoms with E-state index in [2.05, 4.69) is 47.4 Å². The zero-order valence-electron chi connectivity index (χ0n) is 24.0. The standard InChI is InChI=1S/C35H43N3O2/c1-36(34(39)19-18-27-12-6-3-7-13-27)31-20-22-38(23-21-31)26-30-24-32(25-33(30)28-14-8-4-9-15-28)37(2)35(40)29-16-10-5-11-17-29/h3-17,30-33H,18-26H2,1-2H3. The number of aryl methyl sites for hydroxylation is 1. The van der Waals surface area contributed by atoms with Gasteiger partial charge in [-0.25, -0.2) is 0 Å². The fourth-order valence-electron chi connectivity index (χ4n) is 6.77. The van der Waals surface area contributed by atoms with Crippen LogP contribution in [0, 0.1) is 5.92 Å². The van der Waals surface area contributed by atoms with E-state index in [0.29, 0.717) is 24.3 Å². The van der Waals surface area contributed by atoms with Gasteiger partial charge in [-0.15, -0.1) is 0 Å². The molecule has 3 aromatic rings. The predicted molar refractivity (Wildman–Crippen MR) is 161 cm³/mol. The van der Waals surface area contributed by atoms with Crippen molar-refractivity contribution < 1.29 is 9.59 Å². The predicted octanol–water partition coefficient (Wildman–Crippen LogP) is 5.88. The fraction of sp³-hybridized carbons (Fsp3) is 0.429. The van der Waals surface area contributed by atoms with Crippen LogP contribution in [0.2, 0.25) is 0 Å². The molecular formula is C35H43N3O2. The number of carbonyl (C=O) groups is 2. The molecule has 5 heteroatoms. The third kappa shape index (κ3) is 6.82. The minimum absolute atomic E-state index is 0.110. The fourth-order valence-corrected chi connectivity index (χ4v) is 6.77. The van der Waals surface area contributed by atoms with Crippen LogP contribution in [0.15, 0.2) is 91.0 Å². The van der Waals surface area contributed by atoms with E-state index in [9.17, 15) is 9.59 Å². The van der Waals surface area contributed by atoms with Crippen LogP contribution in [-0.4, -0.2) is 72.3 Å². The average molecular weight is 538 g/mol. The average Bonchev–Trinajstić information content (AvgIpc) is 3.44. The molecule has 0 N–H and O–H groups in total. The molecule has 40 heavy (non-hydrogen) atoms. The Morgan fingerprint density at radius 3 is 2.00 bits per heavy atom. The molecule has 2 amide bonds. The second-order valence-electron chi connectivity index (χ2n) is 11.7. The van der Waals surface area contributed by atoms with Crippen LogP contribution in [0.4, 0.5) is 0 Å². The van der Waals surface area contributed by atoms with Crippen LogP contribution in [0.5, 0.6) is 0 Å². The van der Waals surface area contributed by atoms with Gasteiger partial charge in [0, 0.05) is 57.8 Å². The Kier molecular flexibility index (Phi) is 9.33. The molecule has 2 fully saturated rings. The van der Waals surface area contributed by atoms with E-state index in [1.165, 1.54) is 11.1 Å². The lowest BCUT2D eigenvalue weighted by atomic mass is 9.88. The van der Waals surface area contributed by atoms with Crippen LogP contribution in [0.25, 0.3) is 0 Å². The van der Waals surface area contributed by atoms with Gasteiger partial charge in [-0.05, 0) is 67.2 Å². The Hall–Kier alpha value is -3.44. The van der Waals surface area contributed by atoms with Crippen LogP contribution in [0.1, 0.15) is 59.5 Å². The summed E-state index contributed by atoms with van der Waals surface area (Å²) in [6.45, 7) is 3.08. The molecule has 0 spiro atoms. The van der Waals surface area contributed by atoms with E-state index >= 15 is 0 Å². The number of likely N-dealkylation sites (tertiary alicyclic amines) is 1. The maximum Gasteiger partial charge on any atom is 0.253 e. The second-order valence-corrected chi connectivity index (χ2v) is 11.7. The molecule has 210 valence electrons. The summed E-state index contributed by atoms with van der Waals surface area (Å²) < 4.78 is 0. The van der Waals surface area contributed by atoms with Gasteiger partial charge in [-0.3, -0.25) is 9.59 Å². The first-order valence-electron chi connectivity index (χ1n) is 14.9. The summed E-state index contributed by atoms with van der Waals surface area (Å²) in [6, 6.07) is 31.3. The molecule has 3 aromatic carbocycles. The summed E-state index contributed by atoms with van der Waals surface area (Å²) in [5.74, 6) is 1.30. The Morgan fingerprint density at radius 1 is 0.750 bits per heavy atom. The Balaban J connectivity index is 1.17. The van der Waals surface area contributed by atoms with Gasteiger partial charge in [0.25, 0.3) is 5.91 Å². The van der Waals surface area contributed by atoms with Crippen molar-refractivity contribution in [2.45, 2.75) is 56.5 Å². The maximum absolute atomic E-state index is 13.2. The number of hydrogen-bond donors (Lipinski definition) is 0. The maximum atomic E-state index is 13.2. The van der Waals surface area contributed by atoms with Gasteiger partial charge in [-0.2, -0.15) is 0 Å². The van der Waals surface area contributed by atoms with Crippen molar-refractivity contribution in [1.82, 2.24) is 14.7 Å². The monoisotopic (exact) mass is 537 g/mol. The number of hydrogen-bond acceptors (Lipinski definition) is 3. The van der Waals surface area contributed by atoms with Crippen molar-refractivity contribution in [3.05, 3.63) is 108 Å². The largest absolute Gasteiger partial charge is 0.343 e. The third-order valence-corrected chi connectivity index (χ3v) is 9.25. The molecule has 1 saturated heterocycles. The summed E-state index contributed by atoms with van der Waals surface area (Å²) in [4.78, 5) is 32.7. The molecule has 3 atom stereocenters. The van der Waals surface area contributed by atoms with E-state index in [-0.39, 0.29) is 17.9 Å². The van der Waals surface area contributed by atoms with E-state index in [4.69, 9.17) is 0 Å². The number of amides is 2. The highest BCUT2D eigenvalue weighted by Gasteiger charge is 2.39. The van der Waals surface area contributed by atoms with Gasteiger partial charge < -0.3 is 14.7 Å². The highest BCUT2D eigenvalue weighted by molar-refractivity contribution is 5.94. The molecule has 1 saturated carbocycles. The van der Waals surface area contributed by atoms with Crippen molar-refractivity contribution in [1.29, 1.82) is 0 Å². The van der Waals surface area contributed by atoms with Crippen molar-refractivity contribution >= 4 is 11.8 Å². The number of piperidine rings is 1. The third-order valence-electron chi connectivity index (χ3n) is 9.25. The molecule has 1 aliphatic heterocycles. The van der Waals surface area contributed by atoms with E-state index in [1.54, 1.807) is 0 Å². The second kappa shape index (κ2) is 13.3. The molecule has 5 nitrogen and oxygen atoms in total. The van der Waals surface area contributed by atoms with Gasteiger partial charge in [0.15, 0.2) is 0 Å². The number of rotatable bonds is 9. The Bertz CT molecular complexity index is 1230. The summed E-state index contributed by atoms with van der Waals surface area (Å²) in [5.41, 5.74) is 3.36. The van der Waals surface area contributed by atoms with Crippen molar-refractivity contribution in [3.8, 4) is 0 Å². The molecule has 1 aliphatic carbocycles. The Labute approximate surface area is 239 Å². The van der Waals surface area contributed by atoms with Crippen molar-refractivity contribution in [2.75, 3.05) is 33.7 Å². The molecule has 5 rings (SSSR count). The highest BCUT2D eigenvalue weighted by atomic mass is 16.2. The lowest BCUT2D eigenvalue weighted by Crippen LogP contribution is -2.46. The molecule has 3 unspecified atom stereocenters. The van der Waals surface area contributed by atoms with Crippen molar-refractivity contribution in [2.24, 2.45) is 5.92 Å². The molecule has 0 aromatic heterocycles.